The predicted molar refractivity (Wildman–Crippen MR) is 55.1 cm³/mol. The number of rotatable bonds is 3. The van der Waals surface area contributed by atoms with Crippen molar-refractivity contribution in [3.8, 4) is 0 Å². The second kappa shape index (κ2) is 4.04. The number of nitrogens with one attached hydrogen (secondary N) is 1. The molecule has 6 nitrogen and oxygen atoms in total. The van der Waals surface area contributed by atoms with Crippen LogP contribution in [-0.2, 0) is 7.05 Å². The molecular formula is C9H12N6. The van der Waals surface area contributed by atoms with Crippen molar-refractivity contribution >= 4 is 5.95 Å². The minimum atomic E-state index is 0.0795. The van der Waals surface area contributed by atoms with E-state index < -0.39 is 0 Å². The largest absolute Gasteiger partial charge is 0.345 e. The van der Waals surface area contributed by atoms with Gasteiger partial charge < -0.3 is 5.32 Å². The van der Waals surface area contributed by atoms with Gasteiger partial charge in [0.2, 0.25) is 5.95 Å². The maximum absolute atomic E-state index is 4.25. The smallest absolute Gasteiger partial charge is 0.243 e. The van der Waals surface area contributed by atoms with Gasteiger partial charge in [-0.2, -0.15) is 0 Å². The summed E-state index contributed by atoms with van der Waals surface area (Å²) >= 11 is 0. The van der Waals surface area contributed by atoms with E-state index in [-0.39, 0.29) is 6.04 Å². The van der Waals surface area contributed by atoms with E-state index in [0.29, 0.717) is 5.95 Å². The van der Waals surface area contributed by atoms with Crippen LogP contribution >= 0.6 is 0 Å². The molecule has 2 rings (SSSR count). The minimum absolute atomic E-state index is 0.0795. The lowest BCUT2D eigenvalue weighted by Crippen LogP contribution is -2.11. The lowest BCUT2D eigenvalue weighted by Gasteiger charge is -2.12. The van der Waals surface area contributed by atoms with Crippen LogP contribution in [0.25, 0.3) is 0 Å². The quantitative estimate of drug-likeness (QED) is 0.800. The molecular weight excluding hydrogens is 192 g/mol. The molecule has 0 spiro atoms. The van der Waals surface area contributed by atoms with Crippen LogP contribution in [-0.4, -0.2) is 25.2 Å². The Morgan fingerprint density at radius 1 is 1.40 bits per heavy atom. The third-order valence-corrected chi connectivity index (χ3v) is 2.10. The summed E-state index contributed by atoms with van der Waals surface area (Å²) in [6.07, 6.45) is 1.77. The molecule has 0 aliphatic carbocycles. The molecule has 0 fully saturated rings. The molecule has 0 aliphatic rings. The number of hydrogen-bond acceptors (Lipinski definition) is 5. The van der Waals surface area contributed by atoms with E-state index in [2.05, 4.69) is 25.8 Å². The molecule has 2 aromatic rings. The molecule has 0 amide bonds. The molecule has 1 N–H and O–H groups in total. The molecule has 15 heavy (non-hydrogen) atoms. The number of pyridine rings is 1. The average Bonchev–Trinajstić information content (AvgIpc) is 2.66. The van der Waals surface area contributed by atoms with E-state index in [4.69, 9.17) is 0 Å². The van der Waals surface area contributed by atoms with Crippen LogP contribution in [0.15, 0.2) is 24.4 Å². The number of aryl methyl sites for hydroxylation is 1. The Morgan fingerprint density at radius 3 is 2.87 bits per heavy atom. The van der Waals surface area contributed by atoms with E-state index in [1.165, 1.54) is 0 Å². The Balaban J connectivity index is 2.11. The van der Waals surface area contributed by atoms with Gasteiger partial charge in [-0.3, -0.25) is 4.98 Å². The van der Waals surface area contributed by atoms with Gasteiger partial charge in [-0.25, -0.2) is 4.68 Å². The van der Waals surface area contributed by atoms with Crippen molar-refractivity contribution < 1.29 is 0 Å². The Kier molecular flexibility index (Phi) is 2.57. The van der Waals surface area contributed by atoms with E-state index in [1.807, 2.05) is 25.1 Å². The zero-order valence-electron chi connectivity index (χ0n) is 8.62. The van der Waals surface area contributed by atoms with Crippen molar-refractivity contribution in [2.45, 2.75) is 13.0 Å². The molecule has 0 saturated heterocycles. The molecule has 2 heterocycles. The first kappa shape index (κ1) is 9.57. The van der Waals surface area contributed by atoms with E-state index >= 15 is 0 Å². The van der Waals surface area contributed by atoms with Crippen molar-refractivity contribution in [1.29, 1.82) is 0 Å². The fraction of sp³-hybridized carbons (Fsp3) is 0.333. The number of tetrazole rings is 1. The molecule has 0 bridgehead atoms. The lowest BCUT2D eigenvalue weighted by atomic mass is 10.2. The summed E-state index contributed by atoms with van der Waals surface area (Å²) in [5, 5.41) is 14.3. The van der Waals surface area contributed by atoms with Gasteiger partial charge in [0.05, 0.1) is 11.7 Å². The number of hydrogen-bond donors (Lipinski definition) is 1. The standard InChI is InChI=1S/C9H12N6/c1-7(8-5-3-4-6-10-8)11-9-12-13-14-15(9)2/h3-7H,1-2H3,(H,11,12,14). The average molecular weight is 204 g/mol. The summed E-state index contributed by atoms with van der Waals surface area (Å²) in [7, 11) is 1.79. The highest BCUT2D eigenvalue weighted by Gasteiger charge is 2.09. The summed E-state index contributed by atoms with van der Waals surface area (Å²) in [5.41, 5.74) is 0.959. The van der Waals surface area contributed by atoms with Gasteiger partial charge in [-0.05, 0) is 29.5 Å². The zero-order valence-corrected chi connectivity index (χ0v) is 8.62. The van der Waals surface area contributed by atoms with Gasteiger partial charge in [-0.15, -0.1) is 0 Å². The topological polar surface area (TPSA) is 68.5 Å². The predicted octanol–water partition coefficient (Wildman–Crippen LogP) is 0.778. The summed E-state index contributed by atoms with van der Waals surface area (Å²) in [6, 6.07) is 5.88. The van der Waals surface area contributed by atoms with Gasteiger partial charge in [0.1, 0.15) is 0 Å². The molecule has 78 valence electrons. The number of aromatic nitrogens is 5. The van der Waals surface area contributed by atoms with E-state index in [9.17, 15) is 0 Å². The third-order valence-electron chi connectivity index (χ3n) is 2.10. The minimum Gasteiger partial charge on any atom is -0.345 e. The highest BCUT2D eigenvalue weighted by molar-refractivity contribution is 5.26. The van der Waals surface area contributed by atoms with Crippen molar-refractivity contribution in [3.05, 3.63) is 30.1 Å². The molecule has 1 atom stereocenters. The van der Waals surface area contributed by atoms with E-state index in [0.717, 1.165) is 5.69 Å². The van der Waals surface area contributed by atoms with E-state index in [1.54, 1.807) is 17.9 Å². The van der Waals surface area contributed by atoms with Crippen LogP contribution in [0.2, 0.25) is 0 Å². The maximum Gasteiger partial charge on any atom is 0.243 e. The Labute approximate surface area is 87.3 Å². The molecule has 0 aliphatic heterocycles. The summed E-state index contributed by atoms with van der Waals surface area (Å²) in [6.45, 7) is 2.01. The molecule has 6 heteroatoms. The Hall–Kier alpha value is -1.98. The zero-order chi connectivity index (χ0) is 10.7. The number of anilines is 1. The van der Waals surface area contributed by atoms with Crippen LogP contribution in [0, 0.1) is 0 Å². The Bertz CT molecular complexity index is 423. The van der Waals surface area contributed by atoms with Crippen molar-refractivity contribution in [2.24, 2.45) is 7.05 Å². The fourth-order valence-electron chi connectivity index (χ4n) is 1.25. The van der Waals surface area contributed by atoms with Crippen molar-refractivity contribution in [3.63, 3.8) is 0 Å². The molecule has 0 saturated carbocycles. The van der Waals surface area contributed by atoms with Crippen LogP contribution in [0.5, 0.6) is 0 Å². The monoisotopic (exact) mass is 204 g/mol. The van der Waals surface area contributed by atoms with Crippen molar-refractivity contribution in [2.75, 3.05) is 5.32 Å². The van der Waals surface area contributed by atoms with Gasteiger partial charge >= 0.3 is 0 Å². The van der Waals surface area contributed by atoms with Crippen molar-refractivity contribution in [1.82, 2.24) is 25.2 Å². The summed E-state index contributed by atoms with van der Waals surface area (Å²) in [4.78, 5) is 4.25. The normalized spacial score (nSPS) is 12.4. The van der Waals surface area contributed by atoms with Gasteiger partial charge in [0.25, 0.3) is 0 Å². The van der Waals surface area contributed by atoms with Crippen LogP contribution in [0.1, 0.15) is 18.7 Å². The Morgan fingerprint density at radius 2 is 2.27 bits per heavy atom. The molecule has 1 unspecified atom stereocenters. The first-order chi connectivity index (χ1) is 7.27. The van der Waals surface area contributed by atoms with Crippen LogP contribution in [0.4, 0.5) is 5.95 Å². The third kappa shape index (κ3) is 2.09. The van der Waals surface area contributed by atoms with Crippen LogP contribution in [0.3, 0.4) is 0 Å². The highest BCUT2D eigenvalue weighted by atomic mass is 15.6. The number of nitrogens with zero attached hydrogens (tertiary/aromatic N) is 5. The second-order valence-electron chi connectivity index (χ2n) is 3.25. The summed E-state index contributed by atoms with van der Waals surface area (Å²) in [5.74, 6) is 0.633. The first-order valence-electron chi connectivity index (χ1n) is 4.67. The van der Waals surface area contributed by atoms with Crippen LogP contribution < -0.4 is 5.32 Å². The van der Waals surface area contributed by atoms with Gasteiger partial charge in [-0.1, -0.05) is 11.2 Å². The molecule has 2 aromatic heterocycles. The fourth-order valence-corrected chi connectivity index (χ4v) is 1.25. The SMILES string of the molecule is CC(Nc1nnnn1C)c1ccccn1. The summed E-state index contributed by atoms with van der Waals surface area (Å²) < 4.78 is 1.58. The molecule has 0 radical (unpaired) electrons. The highest BCUT2D eigenvalue weighted by Crippen LogP contribution is 2.13. The second-order valence-corrected chi connectivity index (χ2v) is 3.25. The van der Waals surface area contributed by atoms with Gasteiger partial charge in [0.15, 0.2) is 0 Å². The maximum atomic E-state index is 4.25. The van der Waals surface area contributed by atoms with Gasteiger partial charge in [0, 0.05) is 13.2 Å². The first-order valence-corrected chi connectivity index (χ1v) is 4.67. The lowest BCUT2D eigenvalue weighted by molar-refractivity contribution is 0.703. The molecule has 0 aromatic carbocycles.